The smallest absolute Gasteiger partial charge is 0.233 e. The molecule has 150 valence electrons. The van der Waals surface area contributed by atoms with Gasteiger partial charge >= 0.3 is 0 Å². The number of ether oxygens (including phenoxy) is 2. The van der Waals surface area contributed by atoms with Crippen molar-refractivity contribution in [3.63, 3.8) is 0 Å². The molecule has 2 heterocycles. The van der Waals surface area contributed by atoms with E-state index < -0.39 is 0 Å². The van der Waals surface area contributed by atoms with Crippen LogP contribution in [-0.2, 0) is 11.3 Å². The van der Waals surface area contributed by atoms with Crippen LogP contribution in [0.15, 0.2) is 47.6 Å². The molecule has 3 N–H and O–H groups in total. The lowest BCUT2D eigenvalue weighted by atomic mass is 10.1. The van der Waals surface area contributed by atoms with Crippen molar-refractivity contribution in [1.82, 2.24) is 20.2 Å². The van der Waals surface area contributed by atoms with E-state index in [1.807, 2.05) is 49.4 Å². The van der Waals surface area contributed by atoms with E-state index in [1.165, 1.54) is 16.4 Å². The number of carbonyl (C=O) groups excluding carboxylic acids is 1. The first-order valence-electron chi connectivity index (χ1n) is 9.11. The molecule has 8 nitrogen and oxygen atoms in total. The molecular formula is C20H21N5O3S. The second-order valence-electron chi connectivity index (χ2n) is 6.71. The minimum atomic E-state index is -0.388. The molecule has 0 bridgehead atoms. The number of thioether (sulfide) groups is 1. The van der Waals surface area contributed by atoms with Crippen molar-refractivity contribution in [1.29, 1.82) is 0 Å². The van der Waals surface area contributed by atoms with Crippen molar-refractivity contribution in [2.75, 3.05) is 12.6 Å². The van der Waals surface area contributed by atoms with Crippen LogP contribution in [0.2, 0.25) is 0 Å². The number of aromatic nitrogens is 3. The number of aryl methyl sites for hydroxylation is 1. The maximum absolute atomic E-state index is 12.5. The summed E-state index contributed by atoms with van der Waals surface area (Å²) in [4.78, 5) is 12.5. The molecule has 1 aliphatic heterocycles. The van der Waals surface area contributed by atoms with Gasteiger partial charge in [-0.15, -0.1) is 10.2 Å². The summed E-state index contributed by atoms with van der Waals surface area (Å²) in [7, 11) is 0. The van der Waals surface area contributed by atoms with Gasteiger partial charge in [0.15, 0.2) is 17.3 Å². The van der Waals surface area contributed by atoms with Crippen molar-refractivity contribution >= 4 is 17.7 Å². The highest BCUT2D eigenvalue weighted by atomic mass is 32.2. The number of nitrogens with one attached hydrogen (secondary N) is 1. The lowest BCUT2D eigenvalue weighted by molar-refractivity contribution is -0.120. The molecule has 0 unspecified atom stereocenters. The Balaban J connectivity index is 1.37. The summed E-state index contributed by atoms with van der Waals surface area (Å²) in [6.07, 6.45) is 0. The molecule has 3 aromatic rings. The van der Waals surface area contributed by atoms with Crippen molar-refractivity contribution in [3.8, 4) is 22.9 Å². The number of benzene rings is 2. The van der Waals surface area contributed by atoms with Gasteiger partial charge in [0.05, 0.1) is 5.25 Å². The van der Waals surface area contributed by atoms with Crippen LogP contribution < -0.4 is 20.6 Å². The first-order chi connectivity index (χ1) is 14.0. The quantitative estimate of drug-likeness (QED) is 0.474. The van der Waals surface area contributed by atoms with Gasteiger partial charge in [-0.25, -0.2) is 4.68 Å². The molecule has 4 rings (SSSR count). The summed E-state index contributed by atoms with van der Waals surface area (Å²) < 4.78 is 12.1. The van der Waals surface area contributed by atoms with Crippen LogP contribution in [0, 0.1) is 6.92 Å². The highest BCUT2D eigenvalue weighted by molar-refractivity contribution is 8.00. The Morgan fingerprint density at radius 3 is 2.76 bits per heavy atom. The Morgan fingerprint density at radius 2 is 1.97 bits per heavy atom. The molecule has 1 amide bonds. The highest BCUT2D eigenvalue weighted by Gasteiger charge is 2.20. The summed E-state index contributed by atoms with van der Waals surface area (Å²) in [5.74, 6) is 8.00. The molecule has 0 aliphatic carbocycles. The summed E-state index contributed by atoms with van der Waals surface area (Å²) >= 11 is 1.26. The van der Waals surface area contributed by atoms with Gasteiger partial charge < -0.3 is 20.6 Å². The Kier molecular flexibility index (Phi) is 5.30. The minimum absolute atomic E-state index is 0.118. The molecule has 0 fully saturated rings. The normalized spacial score (nSPS) is 13.3. The van der Waals surface area contributed by atoms with Crippen LogP contribution in [0.5, 0.6) is 11.5 Å². The van der Waals surface area contributed by atoms with E-state index in [0.29, 0.717) is 23.3 Å². The van der Waals surface area contributed by atoms with E-state index in [9.17, 15) is 4.79 Å². The molecule has 2 aromatic carbocycles. The third kappa shape index (κ3) is 4.14. The number of hydrogen-bond acceptors (Lipinski definition) is 7. The SMILES string of the molecule is Cc1ccc(-c2nnc(S[C@H](C)C(=O)NCc3ccc4c(c3)OCO4)n2N)cc1. The van der Waals surface area contributed by atoms with Crippen LogP contribution >= 0.6 is 11.8 Å². The second kappa shape index (κ2) is 8.04. The van der Waals surface area contributed by atoms with Crippen LogP contribution in [-0.4, -0.2) is 32.8 Å². The van der Waals surface area contributed by atoms with Gasteiger partial charge in [-0.1, -0.05) is 47.7 Å². The van der Waals surface area contributed by atoms with E-state index in [0.717, 1.165) is 22.4 Å². The molecule has 0 saturated heterocycles. The number of hydrogen-bond donors (Lipinski definition) is 2. The second-order valence-corrected chi connectivity index (χ2v) is 8.02. The summed E-state index contributed by atoms with van der Waals surface area (Å²) in [6.45, 7) is 4.44. The van der Waals surface area contributed by atoms with Crippen molar-refractivity contribution < 1.29 is 14.3 Å². The maximum Gasteiger partial charge on any atom is 0.233 e. The Hall–Kier alpha value is -3.20. The minimum Gasteiger partial charge on any atom is -0.454 e. The Labute approximate surface area is 172 Å². The molecule has 0 radical (unpaired) electrons. The van der Waals surface area contributed by atoms with Gasteiger partial charge in [0.1, 0.15) is 0 Å². The summed E-state index contributed by atoms with van der Waals surface area (Å²) in [6, 6.07) is 13.5. The van der Waals surface area contributed by atoms with E-state index in [1.54, 1.807) is 6.92 Å². The fraction of sp³-hybridized carbons (Fsp3) is 0.250. The molecule has 1 aliphatic rings. The zero-order valence-electron chi connectivity index (χ0n) is 16.1. The average Bonchev–Trinajstić information content (AvgIpc) is 3.33. The van der Waals surface area contributed by atoms with E-state index >= 15 is 0 Å². The monoisotopic (exact) mass is 411 g/mol. The topological polar surface area (TPSA) is 104 Å². The van der Waals surface area contributed by atoms with Gasteiger partial charge in [-0.05, 0) is 31.5 Å². The number of nitrogens with two attached hydrogens (primary N) is 1. The predicted molar refractivity (Wildman–Crippen MR) is 110 cm³/mol. The van der Waals surface area contributed by atoms with Crippen molar-refractivity contribution in [2.24, 2.45) is 0 Å². The molecule has 1 aromatic heterocycles. The summed E-state index contributed by atoms with van der Waals surface area (Å²) in [5, 5.41) is 11.3. The average molecular weight is 411 g/mol. The van der Waals surface area contributed by atoms with Gasteiger partial charge in [0.25, 0.3) is 0 Å². The fourth-order valence-corrected chi connectivity index (χ4v) is 3.65. The van der Waals surface area contributed by atoms with Gasteiger partial charge in [0.2, 0.25) is 17.9 Å². The van der Waals surface area contributed by atoms with Gasteiger partial charge in [-0.2, -0.15) is 0 Å². The Bertz CT molecular complexity index is 1040. The third-order valence-electron chi connectivity index (χ3n) is 4.53. The van der Waals surface area contributed by atoms with Crippen LogP contribution in [0.4, 0.5) is 0 Å². The molecule has 9 heteroatoms. The first kappa shape index (κ1) is 19.1. The van der Waals surface area contributed by atoms with Crippen molar-refractivity contribution in [3.05, 3.63) is 53.6 Å². The molecule has 29 heavy (non-hydrogen) atoms. The van der Waals surface area contributed by atoms with Crippen LogP contribution in [0.1, 0.15) is 18.1 Å². The number of nitrogens with zero attached hydrogens (tertiary/aromatic N) is 3. The van der Waals surface area contributed by atoms with Gasteiger partial charge in [0, 0.05) is 12.1 Å². The summed E-state index contributed by atoms with van der Waals surface area (Å²) in [5.41, 5.74) is 2.96. The first-order valence-corrected chi connectivity index (χ1v) is 9.99. The van der Waals surface area contributed by atoms with Crippen LogP contribution in [0.25, 0.3) is 11.4 Å². The predicted octanol–water partition coefficient (Wildman–Crippen LogP) is 2.49. The van der Waals surface area contributed by atoms with E-state index in [2.05, 4.69) is 15.5 Å². The fourth-order valence-electron chi connectivity index (χ4n) is 2.85. The zero-order chi connectivity index (χ0) is 20.4. The number of carbonyl (C=O) groups is 1. The zero-order valence-corrected chi connectivity index (χ0v) is 16.9. The van der Waals surface area contributed by atoms with Gasteiger partial charge in [-0.3, -0.25) is 4.79 Å². The Morgan fingerprint density at radius 1 is 1.21 bits per heavy atom. The lowest BCUT2D eigenvalue weighted by Gasteiger charge is -2.12. The number of nitrogen functional groups attached to an aromatic ring is 1. The number of amides is 1. The maximum atomic E-state index is 12.5. The molecule has 0 spiro atoms. The molecule has 1 atom stereocenters. The molecular weight excluding hydrogens is 390 g/mol. The lowest BCUT2D eigenvalue weighted by Crippen LogP contribution is -2.30. The van der Waals surface area contributed by atoms with Crippen molar-refractivity contribution in [2.45, 2.75) is 30.8 Å². The number of rotatable bonds is 6. The standard InChI is InChI=1S/C20H21N5O3S/c1-12-3-6-15(7-4-12)18-23-24-20(25(18)21)29-13(2)19(26)22-10-14-5-8-16-17(9-14)28-11-27-16/h3-9,13H,10-11,21H2,1-2H3,(H,22,26)/t13-/m1/s1. The highest BCUT2D eigenvalue weighted by Crippen LogP contribution is 2.32. The third-order valence-corrected chi connectivity index (χ3v) is 5.59. The van der Waals surface area contributed by atoms with Crippen LogP contribution in [0.3, 0.4) is 0 Å². The molecule has 0 saturated carbocycles. The van der Waals surface area contributed by atoms with E-state index in [4.69, 9.17) is 15.3 Å². The largest absolute Gasteiger partial charge is 0.454 e. The number of fused-ring (bicyclic) bond motifs is 1. The van der Waals surface area contributed by atoms with E-state index in [-0.39, 0.29) is 18.0 Å².